The zero-order chi connectivity index (χ0) is 17.1. The van der Waals surface area contributed by atoms with Gasteiger partial charge in [-0.05, 0) is 11.6 Å². The van der Waals surface area contributed by atoms with E-state index in [9.17, 15) is 4.79 Å². The lowest BCUT2D eigenvalue weighted by Gasteiger charge is -2.37. The van der Waals surface area contributed by atoms with Gasteiger partial charge < -0.3 is 14.4 Å². The number of fused-ring (bicyclic) bond motifs is 1. The Hall–Kier alpha value is -2.02. The largest absolute Gasteiger partial charge is 0.376 e. The molecule has 1 unspecified atom stereocenters. The predicted molar refractivity (Wildman–Crippen MR) is 94.2 cm³/mol. The Morgan fingerprint density at radius 1 is 1.12 bits per heavy atom. The van der Waals surface area contributed by atoms with E-state index in [-0.39, 0.29) is 5.91 Å². The standard InChI is InChI=1S/C19H23N3O3/c23-19(17-14-24-11-12-25-17)22-9-7-21(8-10-22)13-16-4-1-3-15-5-2-6-20-18(15)16/h1-6,17H,7-14H2. The third-order valence-electron chi connectivity index (χ3n) is 4.89. The fourth-order valence-electron chi connectivity index (χ4n) is 3.50. The molecule has 6 heteroatoms. The number of piperazine rings is 1. The second-order valence-corrected chi connectivity index (χ2v) is 6.53. The van der Waals surface area contributed by atoms with Gasteiger partial charge in [-0.3, -0.25) is 14.7 Å². The maximum Gasteiger partial charge on any atom is 0.254 e. The number of aromatic nitrogens is 1. The number of carbonyl (C=O) groups is 1. The highest BCUT2D eigenvalue weighted by Crippen LogP contribution is 2.19. The summed E-state index contributed by atoms with van der Waals surface area (Å²) in [4.78, 5) is 21.3. The molecule has 2 aromatic rings. The topological polar surface area (TPSA) is 54.9 Å². The average Bonchev–Trinajstić information content (AvgIpc) is 2.69. The zero-order valence-corrected chi connectivity index (χ0v) is 14.3. The van der Waals surface area contributed by atoms with Crippen LogP contribution in [0.25, 0.3) is 10.9 Å². The molecule has 0 bridgehead atoms. The van der Waals surface area contributed by atoms with Gasteiger partial charge in [0.1, 0.15) is 0 Å². The van der Waals surface area contributed by atoms with Crippen molar-refractivity contribution >= 4 is 16.8 Å². The number of ether oxygens (including phenoxy) is 2. The highest BCUT2D eigenvalue weighted by atomic mass is 16.6. The van der Waals surface area contributed by atoms with Crippen molar-refractivity contribution in [3.63, 3.8) is 0 Å². The molecule has 0 saturated carbocycles. The van der Waals surface area contributed by atoms with Crippen LogP contribution in [-0.2, 0) is 20.8 Å². The number of para-hydroxylation sites is 1. The summed E-state index contributed by atoms with van der Waals surface area (Å²) in [7, 11) is 0. The minimum Gasteiger partial charge on any atom is -0.376 e. The summed E-state index contributed by atoms with van der Waals surface area (Å²) in [5.41, 5.74) is 2.30. The molecular weight excluding hydrogens is 318 g/mol. The Morgan fingerprint density at radius 3 is 2.76 bits per heavy atom. The molecule has 2 aliphatic rings. The normalized spacial score (nSPS) is 22.2. The molecule has 132 valence electrons. The minimum atomic E-state index is -0.428. The first-order valence-corrected chi connectivity index (χ1v) is 8.84. The lowest BCUT2D eigenvalue weighted by molar-refractivity contribution is -0.159. The van der Waals surface area contributed by atoms with Gasteiger partial charge >= 0.3 is 0 Å². The van der Waals surface area contributed by atoms with E-state index in [0.29, 0.717) is 19.8 Å². The first-order chi connectivity index (χ1) is 12.3. The first kappa shape index (κ1) is 16.4. The number of hydrogen-bond acceptors (Lipinski definition) is 5. The highest BCUT2D eigenvalue weighted by Gasteiger charge is 2.29. The van der Waals surface area contributed by atoms with Crippen molar-refractivity contribution in [2.75, 3.05) is 46.0 Å². The molecule has 1 amide bonds. The SMILES string of the molecule is O=C(C1COCCO1)N1CCN(Cc2cccc3cccnc23)CC1. The Labute approximate surface area is 147 Å². The summed E-state index contributed by atoms with van der Waals surface area (Å²) in [5, 5.41) is 1.17. The van der Waals surface area contributed by atoms with Crippen molar-refractivity contribution in [3.8, 4) is 0 Å². The number of benzene rings is 1. The highest BCUT2D eigenvalue weighted by molar-refractivity contribution is 5.82. The second-order valence-electron chi connectivity index (χ2n) is 6.53. The predicted octanol–water partition coefficient (Wildman–Crippen LogP) is 1.29. The number of amides is 1. The van der Waals surface area contributed by atoms with Gasteiger partial charge in [-0.2, -0.15) is 0 Å². The monoisotopic (exact) mass is 341 g/mol. The summed E-state index contributed by atoms with van der Waals surface area (Å²) < 4.78 is 10.9. The lowest BCUT2D eigenvalue weighted by atomic mass is 10.1. The van der Waals surface area contributed by atoms with Gasteiger partial charge in [0.05, 0.1) is 25.3 Å². The summed E-state index contributed by atoms with van der Waals surface area (Å²) in [6.45, 7) is 5.51. The molecule has 2 aliphatic heterocycles. The molecule has 0 radical (unpaired) electrons. The third kappa shape index (κ3) is 3.66. The van der Waals surface area contributed by atoms with E-state index >= 15 is 0 Å². The Morgan fingerprint density at radius 2 is 1.96 bits per heavy atom. The average molecular weight is 341 g/mol. The number of pyridine rings is 1. The molecule has 1 atom stereocenters. The van der Waals surface area contributed by atoms with E-state index in [4.69, 9.17) is 9.47 Å². The third-order valence-corrected chi connectivity index (χ3v) is 4.89. The summed E-state index contributed by atoms with van der Waals surface area (Å²) in [6, 6.07) is 10.4. The molecule has 1 aromatic heterocycles. The van der Waals surface area contributed by atoms with Crippen molar-refractivity contribution in [2.24, 2.45) is 0 Å². The quantitative estimate of drug-likeness (QED) is 0.842. The fraction of sp³-hybridized carbons (Fsp3) is 0.474. The summed E-state index contributed by atoms with van der Waals surface area (Å²) in [6.07, 6.45) is 1.41. The Bertz CT molecular complexity index is 732. The molecule has 2 saturated heterocycles. The van der Waals surface area contributed by atoms with Gasteiger partial charge in [-0.25, -0.2) is 0 Å². The maximum atomic E-state index is 12.5. The van der Waals surface area contributed by atoms with E-state index in [0.717, 1.165) is 38.2 Å². The number of rotatable bonds is 3. The molecule has 1 aromatic carbocycles. The number of carbonyl (C=O) groups excluding carboxylic acids is 1. The molecule has 4 rings (SSSR count). The summed E-state index contributed by atoms with van der Waals surface area (Å²) >= 11 is 0. The van der Waals surface area contributed by atoms with Crippen molar-refractivity contribution in [1.82, 2.24) is 14.8 Å². The van der Waals surface area contributed by atoms with Crippen molar-refractivity contribution in [1.29, 1.82) is 0 Å². The Kier molecular flexibility index (Phi) is 4.92. The summed E-state index contributed by atoms with van der Waals surface area (Å²) in [5.74, 6) is 0.0613. The van der Waals surface area contributed by atoms with Gasteiger partial charge in [0.15, 0.2) is 6.10 Å². The van der Waals surface area contributed by atoms with Crippen LogP contribution in [0.4, 0.5) is 0 Å². The Balaban J connectivity index is 1.36. The molecule has 0 aliphatic carbocycles. The molecule has 25 heavy (non-hydrogen) atoms. The lowest BCUT2D eigenvalue weighted by Crippen LogP contribution is -2.53. The van der Waals surface area contributed by atoms with Gasteiger partial charge in [-0.15, -0.1) is 0 Å². The van der Waals surface area contributed by atoms with Gasteiger partial charge in [0.2, 0.25) is 0 Å². The maximum absolute atomic E-state index is 12.5. The van der Waals surface area contributed by atoms with E-state index in [1.54, 1.807) is 0 Å². The molecule has 2 fully saturated rings. The number of nitrogens with zero attached hydrogens (tertiary/aromatic N) is 3. The fourth-order valence-corrected chi connectivity index (χ4v) is 3.50. The molecule has 3 heterocycles. The van der Waals surface area contributed by atoms with Crippen LogP contribution >= 0.6 is 0 Å². The van der Waals surface area contributed by atoms with Crippen LogP contribution in [0.1, 0.15) is 5.56 Å². The van der Waals surface area contributed by atoms with Crippen molar-refractivity contribution in [2.45, 2.75) is 12.6 Å². The van der Waals surface area contributed by atoms with Gasteiger partial charge in [0, 0.05) is 44.3 Å². The second kappa shape index (κ2) is 7.47. The molecule has 0 spiro atoms. The van der Waals surface area contributed by atoms with E-state index in [1.807, 2.05) is 17.2 Å². The van der Waals surface area contributed by atoms with E-state index in [2.05, 4.69) is 34.1 Å². The van der Waals surface area contributed by atoms with Crippen LogP contribution in [0, 0.1) is 0 Å². The van der Waals surface area contributed by atoms with Crippen LogP contribution in [0.2, 0.25) is 0 Å². The van der Waals surface area contributed by atoms with E-state index in [1.165, 1.54) is 10.9 Å². The zero-order valence-electron chi connectivity index (χ0n) is 14.3. The van der Waals surface area contributed by atoms with Crippen LogP contribution in [0.5, 0.6) is 0 Å². The van der Waals surface area contributed by atoms with Crippen molar-refractivity contribution in [3.05, 3.63) is 42.1 Å². The van der Waals surface area contributed by atoms with Crippen molar-refractivity contribution < 1.29 is 14.3 Å². The van der Waals surface area contributed by atoms with Crippen LogP contribution in [-0.4, -0.2) is 72.8 Å². The van der Waals surface area contributed by atoms with E-state index < -0.39 is 6.10 Å². The molecule has 6 nitrogen and oxygen atoms in total. The molecule has 0 N–H and O–H groups in total. The van der Waals surface area contributed by atoms with Gasteiger partial charge in [-0.1, -0.05) is 24.3 Å². The smallest absolute Gasteiger partial charge is 0.254 e. The van der Waals surface area contributed by atoms with Crippen LogP contribution < -0.4 is 0 Å². The van der Waals surface area contributed by atoms with Gasteiger partial charge in [0.25, 0.3) is 5.91 Å². The van der Waals surface area contributed by atoms with Crippen LogP contribution in [0.15, 0.2) is 36.5 Å². The first-order valence-electron chi connectivity index (χ1n) is 8.84. The number of hydrogen-bond donors (Lipinski definition) is 0. The minimum absolute atomic E-state index is 0.0613. The van der Waals surface area contributed by atoms with Crippen LogP contribution in [0.3, 0.4) is 0 Å². The molecular formula is C19H23N3O3.